The molecule has 0 aliphatic rings. The van der Waals surface area contributed by atoms with E-state index in [0.29, 0.717) is 24.4 Å². The minimum Gasteiger partial charge on any atom is -0.462 e. The molecule has 0 unspecified atom stereocenters. The minimum absolute atomic E-state index is 0.00284. The molecule has 1 amide bonds. The number of esters is 1. The van der Waals surface area contributed by atoms with Crippen LogP contribution in [0.2, 0.25) is 0 Å². The summed E-state index contributed by atoms with van der Waals surface area (Å²) in [6.45, 7) is 8.19. The van der Waals surface area contributed by atoms with Crippen molar-refractivity contribution >= 4 is 17.6 Å². The van der Waals surface area contributed by atoms with Crippen LogP contribution in [0, 0.1) is 0 Å². The fourth-order valence-electron chi connectivity index (χ4n) is 2.01. The molecule has 0 aliphatic carbocycles. The largest absolute Gasteiger partial charge is 0.462 e. The van der Waals surface area contributed by atoms with Crippen LogP contribution in [0.1, 0.15) is 50.0 Å². The van der Waals surface area contributed by atoms with Crippen molar-refractivity contribution in [3.05, 3.63) is 29.3 Å². The Labute approximate surface area is 126 Å². The number of carbonyl (C=O) groups excluding carboxylic acids is 2. The van der Waals surface area contributed by atoms with Crippen molar-refractivity contribution in [1.29, 1.82) is 0 Å². The zero-order valence-corrected chi connectivity index (χ0v) is 13.2. The fourth-order valence-corrected chi connectivity index (χ4v) is 2.01. The standard InChI is InChI=1S/C16H24N2O3/c1-5-8-21-16(20)14-9-13(6-7-15(14)17)10-18(11(2)3)12(4)19/h6-7,9,11H,5,8,10,17H2,1-4H3. The average molecular weight is 292 g/mol. The molecule has 0 bridgehead atoms. The van der Waals surface area contributed by atoms with Crippen LogP contribution in [0.3, 0.4) is 0 Å². The fraction of sp³-hybridized carbons (Fsp3) is 0.500. The van der Waals surface area contributed by atoms with Gasteiger partial charge in [0.1, 0.15) is 0 Å². The molecule has 0 spiro atoms. The maximum Gasteiger partial charge on any atom is 0.340 e. The summed E-state index contributed by atoms with van der Waals surface area (Å²) in [5.74, 6) is -0.424. The average Bonchev–Trinajstić information content (AvgIpc) is 2.42. The highest BCUT2D eigenvalue weighted by atomic mass is 16.5. The number of nitrogens with two attached hydrogens (primary N) is 1. The highest BCUT2D eigenvalue weighted by Gasteiger charge is 2.16. The normalized spacial score (nSPS) is 10.5. The Morgan fingerprint density at radius 3 is 2.52 bits per heavy atom. The van der Waals surface area contributed by atoms with E-state index in [1.807, 2.05) is 26.8 Å². The SMILES string of the molecule is CCCOC(=O)c1cc(CN(C(C)=O)C(C)C)ccc1N. The van der Waals surface area contributed by atoms with Crippen molar-refractivity contribution in [2.75, 3.05) is 12.3 Å². The van der Waals surface area contributed by atoms with Gasteiger partial charge in [0.2, 0.25) is 5.91 Å². The van der Waals surface area contributed by atoms with E-state index < -0.39 is 5.97 Å². The van der Waals surface area contributed by atoms with E-state index >= 15 is 0 Å². The van der Waals surface area contributed by atoms with E-state index in [1.54, 1.807) is 17.0 Å². The van der Waals surface area contributed by atoms with Crippen LogP contribution >= 0.6 is 0 Å². The number of hydrogen-bond acceptors (Lipinski definition) is 4. The van der Waals surface area contributed by atoms with Crippen LogP contribution < -0.4 is 5.73 Å². The maximum absolute atomic E-state index is 11.9. The van der Waals surface area contributed by atoms with E-state index in [4.69, 9.17) is 10.5 Å². The van der Waals surface area contributed by atoms with Crippen LogP contribution in [0.5, 0.6) is 0 Å². The van der Waals surface area contributed by atoms with Gasteiger partial charge in [-0.2, -0.15) is 0 Å². The van der Waals surface area contributed by atoms with Crippen molar-refractivity contribution in [1.82, 2.24) is 4.90 Å². The van der Waals surface area contributed by atoms with Gasteiger partial charge >= 0.3 is 5.97 Å². The highest BCUT2D eigenvalue weighted by Crippen LogP contribution is 2.18. The molecule has 0 radical (unpaired) electrons. The van der Waals surface area contributed by atoms with Crippen LogP contribution in [0.15, 0.2) is 18.2 Å². The molecule has 0 saturated heterocycles. The first-order chi connectivity index (χ1) is 9.86. The molecule has 0 atom stereocenters. The molecule has 21 heavy (non-hydrogen) atoms. The summed E-state index contributed by atoms with van der Waals surface area (Å²) in [5.41, 5.74) is 7.43. The molecule has 116 valence electrons. The second kappa shape index (κ2) is 7.67. The predicted octanol–water partition coefficient (Wildman–Crippen LogP) is 2.59. The smallest absolute Gasteiger partial charge is 0.340 e. The second-order valence-corrected chi connectivity index (χ2v) is 5.30. The number of carbonyl (C=O) groups is 2. The summed E-state index contributed by atoms with van der Waals surface area (Å²) >= 11 is 0. The van der Waals surface area contributed by atoms with Gasteiger partial charge in [-0.1, -0.05) is 13.0 Å². The third-order valence-corrected chi connectivity index (χ3v) is 3.16. The quantitative estimate of drug-likeness (QED) is 0.646. The molecule has 0 fully saturated rings. The lowest BCUT2D eigenvalue weighted by molar-refractivity contribution is -0.131. The van der Waals surface area contributed by atoms with Gasteiger partial charge < -0.3 is 15.4 Å². The van der Waals surface area contributed by atoms with Gasteiger partial charge in [0, 0.05) is 25.2 Å². The van der Waals surface area contributed by atoms with Gasteiger partial charge in [0.15, 0.2) is 0 Å². The summed E-state index contributed by atoms with van der Waals surface area (Å²) in [4.78, 5) is 25.3. The van der Waals surface area contributed by atoms with Crippen molar-refractivity contribution in [2.45, 2.75) is 46.7 Å². The molecule has 0 aromatic heterocycles. The molecule has 2 N–H and O–H groups in total. The Morgan fingerprint density at radius 2 is 2.00 bits per heavy atom. The van der Waals surface area contributed by atoms with Gasteiger partial charge in [0.25, 0.3) is 0 Å². The Kier molecular flexibility index (Phi) is 6.21. The van der Waals surface area contributed by atoms with Crippen LogP contribution in [0.4, 0.5) is 5.69 Å². The molecule has 0 saturated carbocycles. The number of rotatable bonds is 6. The summed E-state index contributed by atoms with van der Waals surface area (Å²) in [5, 5.41) is 0. The Bertz CT molecular complexity index is 512. The summed E-state index contributed by atoms with van der Waals surface area (Å²) < 4.78 is 5.11. The first-order valence-electron chi connectivity index (χ1n) is 7.19. The monoisotopic (exact) mass is 292 g/mol. The molecule has 0 heterocycles. The van der Waals surface area contributed by atoms with Gasteiger partial charge in [-0.25, -0.2) is 4.79 Å². The maximum atomic E-state index is 11.9. The Hall–Kier alpha value is -2.04. The summed E-state index contributed by atoms with van der Waals surface area (Å²) in [6, 6.07) is 5.29. The van der Waals surface area contributed by atoms with Gasteiger partial charge in [-0.15, -0.1) is 0 Å². The van der Waals surface area contributed by atoms with Crippen molar-refractivity contribution in [2.24, 2.45) is 0 Å². The van der Waals surface area contributed by atoms with Crippen LogP contribution in [-0.2, 0) is 16.1 Å². The summed E-state index contributed by atoms with van der Waals surface area (Å²) in [7, 11) is 0. The van der Waals surface area contributed by atoms with E-state index in [0.717, 1.165) is 12.0 Å². The van der Waals surface area contributed by atoms with Crippen LogP contribution in [0.25, 0.3) is 0 Å². The zero-order chi connectivity index (χ0) is 16.0. The minimum atomic E-state index is -0.421. The number of nitrogens with zero attached hydrogens (tertiary/aromatic N) is 1. The predicted molar refractivity (Wildman–Crippen MR) is 82.8 cm³/mol. The van der Waals surface area contributed by atoms with Gasteiger partial charge in [0.05, 0.1) is 12.2 Å². The second-order valence-electron chi connectivity index (χ2n) is 5.30. The molecule has 1 rings (SSSR count). The number of nitrogen functional groups attached to an aromatic ring is 1. The highest BCUT2D eigenvalue weighted by molar-refractivity contribution is 5.95. The van der Waals surface area contributed by atoms with E-state index in [-0.39, 0.29) is 11.9 Å². The molecule has 0 aliphatic heterocycles. The number of anilines is 1. The summed E-state index contributed by atoms with van der Waals surface area (Å²) in [6.07, 6.45) is 0.761. The molecular formula is C16H24N2O3. The van der Waals surface area contributed by atoms with Crippen molar-refractivity contribution < 1.29 is 14.3 Å². The van der Waals surface area contributed by atoms with Gasteiger partial charge in [-0.05, 0) is 38.0 Å². The topological polar surface area (TPSA) is 72.6 Å². The molecule has 5 heteroatoms. The molecule has 5 nitrogen and oxygen atoms in total. The number of ether oxygens (including phenoxy) is 1. The lowest BCUT2D eigenvalue weighted by Gasteiger charge is -2.25. The van der Waals surface area contributed by atoms with Crippen molar-refractivity contribution in [3.8, 4) is 0 Å². The third-order valence-electron chi connectivity index (χ3n) is 3.16. The molecular weight excluding hydrogens is 268 g/mol. The zero-order valence-electron chi connectivity index (χ0n) is 13.2. The Balaban J connectivity index is 2.95. The first kappa shape index (κ1) is 17.0. The molecule has 1 aromatic rings. The lowest BCUT2D eigenvalue weighted by atomic mass is 10.1. The van der Waals surface area contributed by atoms with Gasteiger partial charge in [-0.3, -0.25) is 4.79 Å². The van der Waals surface area contributed by atoms with Crippen molar-refractivity contribution in [3.63, 3.8) is 0 Å². The number of benzene rings is 1. The van der Waals surface area contributed by atoms with E-state index in [2.05, 4.69) is 0 Å². The number of amides is 1. The Morgan fingerprint density at radius 1 is 1.33 bits per heavy atom. The van der Waals surface area contributed by atoms with E-state index in [9.17, 15) is 9.59 Å². The van der Waals surface area contributed by atoms with E-state index in [1.165, 1.54) is 6.92 Å². The lowest BCUT2D eigenvalue weighted by Crippen LogP contribution is -2.34. The molecule has 1 aromatic carbocycles. The number of hydrogen-bond donors (Lipinski definition) is 1. The third kappa shape index (κ3) is 4.77. The first-order valence-corrected chi connectivity index (χ1v) is 7.19. The van der Waals surface area contributed by atoms with Crippen LogP contribution in [-0.4, -0.2) is 29.4 Å².